The lowest BCUT2D eigenvalue weighted by atomic mass is 9.88. The average molecular weight is 307 g/mol. The largest absolute Gasteiger partial charge is 0.391 e. The van der Waals surface area contributed by atoms with Crippen LogP contribution in [0.4, 0.5) is 13.2 Å². The molecule has 114 valence electrons. The molecule has 1 aromatic rings. The average Bonchev–Trinajstić information content (AvgIpc) is 2.82. The molecule has 0 bridgehead atoms. The number of likely N-dealkylation sites (tertiary alicyclic amines) is 1. The Kier molecular flexibility index (Phi) is 4.69. The van der Waals surface area contributed by atoms with Crippen LogP contribution < -0.4 is 0 Å². The highest BCUT2D eigenvalue weighted by molar-refractivity contribution is 7.99. The highest BCUT2D eigenvalue weighted by Gasteiger charge is 2.45. The zero-order chi connectivity index (χ0) is 14.9. The molecule has 0 N–H and O–H groups in total. The maximum atomic E-state index is 13.0. The number of hydrogen-bond donors (Lipinski definition) is 0. The van der Waals surface area contributed by atoms with E-state index in [-0.39, 0.29) is 24.3 Å². The topological polar surface area (TPSA) is 21.1 Å². The molecule has 0 radical (unpaired) electrons. The first-order valence-corrected chi connectivity index (χ1v) is 7.96. The van der Waals surface area contributed by atoms with Crippen molar-refractivity contribution in [2.24, 2.45) is 13.0 Å². The SMILES string of the molecule is CSC(C)N1CC[C@@H](C(F)(F)F)C[C@H]1c1ccnn1C. The summed E-state index contributed by atoms with van der Waals surface area (Å²) in [5.41, 5.74) is 0.861. The molecular weight excluding hydrogens is 287 g/mol. The molecule has 0 aromatic carbocycles. The number of rotatable bonds is 3. The molecule has 0 aliphatic carbocycles. The van der Waals surface area contributed by atoms with Gasteiger partial charge in [0.25, 0.3) is 0 Å². The maximum absolute atomic E-state index is 13.0. The molecule has 0 saturated carbocycles. The molecule has 1 unspecified atom stereocenters. The molecule has 3 atom stereocenters. The molecule has 1 aliphatic heterocycles. The van der Waals surface area contributed by atoms with Gasteiger partial charge in [-0.25, -0.2) is 0 Å². The van der Waals surface area contributed by atoms with E-state index in [1.54, 1.807) is 29.7 Å². The first-order valence-electron chi connectivity index (χ1n) is 6.67. The van der Waals surface area contributed by atoms with Crippen molar-refractivity contribution in [1.29, 1.82) is 0 Å². The minimum Gasteiger partial charge on any atom is -0.283 e. The summed E-state index contributed by atoms with van der Waals surface area (Å²) in [5, 5.41) is 4.30. The minimum atomic E-state index is -4.11. The van der Waals surface area contributed by atoms with Gasteiger partial charge in [-0.2, -0.15) is 18.3 Å². The van der Waals surface area contributed by atoms with Crippen LogP contribution in [-0.2, 0) is 7.05 Å². The van der Waals surface area contributed by atoms with Crippen molar-refractivity contribution < 1.29 is 13.2 Å². The second kappa shape index (κ2) is 5.97. The standard InChI is InChI=1S/C13H20F3N3S/c1-9(20-3)19-7-5-10(13(14,15)16)8-12(19)11-4-6-17-18(11)2/h4,6,9-10,12H,5,7-8H2,1-3H3/t9?,10-,12+/m1/s1. The molecule has 0 spiro atoms. The Morgan fingerprint density at radius 1 is 1.45 bits per heavy atom. The van der Waals surface area contributed by atoms with Crippen molar-refractivity contribution in [2.45, 2.75) is 37.4 Å². The molecule has 1 saturated heterocycles. The van der Waals surface area contributed by atoms with E-state index in [1.165, 1.54) is 0 Å². The van der Waals surface area contributed by atoms with Gasteiger partial charge in [-0.3, -0.25) is 9.58 Å². The molecule has 2 rings (SSSR count). The number of aromatic nitrogens is 2. The number of hydrogen-bond acceptors (Lipinski definition) is 3. The molecule has 2 heterocycles. The lowest BCUT2D eigenvalue weighted by Crippen LogP contribution is -2.44. The maximum Gasteiger partial charge on any atom is 0.391 e. The van der Waals surface area contributed by atoms with E-state index >= 15 is 0 Å². The minimum absolute atomic E-state index is 0.119. The molecule has 7 heteroatoms. The molecular formula is C13H20F3N3S. The van der Waals surface area contributed by atoms with Gasteiger partial charge in [0.05, 0.1) is 23.0 Å². The lowest BCUT2D eigenvalue weighted by molar-refractivity contribution is -0.190. The highest BCUT2D eigenvalue weighted by Crippen LogP contribution is 2.43. The summed E-state index contributed by atoms with van der Waals surface area (Å²) in [6.45, 7) is 2.52. The van der Waals surface area contributed by atoms with E-state index in [1.807, 2.05) is 19.2 Å². The second-order valence-corrected chi connectivity index (χ2v) is 6.38. The van der Waals surface area contributed by atoms with Gasteiger partial charge in [0.15, 0.2) is 0 Å². The Bertz CT molecular complexity index is 446. The Balaban J connectivity index is 2.26. The zero-order valence-corrected chi connectivity index (χ0v) is 12.7. The van der Waals surface area contributed by atoms with Crippen LogP contribution in [0.1, 0.15) is 31.5 Å². The smallest absolute Gasteiger partial charge is 0.283 e. The van der Waals surface area contributed by atoms with E-state index in [0.717, 1.165) is 5.69 Å². The van der Waals surface area contributed by atoms with Crippen LogP contribution in [0.5, 0.6) is 0 Å². The fourth-order valence-corrected chi connectivity index (χ4v) is 3.38. The van der Waals surface area contributed by atoms with Crippen LogP contribution in [0, 0.1) is 5.92 Å². The monoisotopic (exact) mass is 307 g/mol. The van der Waals surface area contributed by atoms with Crippen LogP contribution >= 0.6 is 11.8 Å². The van der Waals surface area contributed by atoms with Gasteiger partial charge >= 0.3 is 6.18 Å². The predicted molar refractivity (Wildman–Crippen MR) is 74.4 cm³/mol. The first kappa shape index (κ1) is 15.7. The molecule has 1 aliphatic rings. The van der Waals surface area contributed by atoms with E-state index in [2.05, 4.69) is 10.00 Å². The summed E-state index contributed by atoms with van der Waals surface area (Å²) in [4.78, 5) is 2.16. The molecule has 3 nitrogen and oxygen atoms in total. The van der Waals surface area contributed by atoms with Gasteiger partial charge < -0.3 is 0 Å². The Labute approximate surface area is 121 Å². The van der Waals surface area contributed by atoms with Crippen LogP contribution in [0.15, 0.2) is 12.3 Å². The first-order chi connectivity index (χ1) is 9.34. The molecule has 1 aromatic heterocycles. The fourth-order valence-electron chi connectivity index (χ4n) is 2.85. The summed E-state index contributed by atoms with van der Waals surface area (Å²) < 4.78 is 40.7. The van der Waals surface area contributed by atoms with Gasteiger partial charge in [0.1, 0.15) is 0 Å². The van der Waals surface area contributed by atoms with Crippen LogP contribution in [0.3, 0.4) is 0 Å². The van der Waals surface area contributed by atoms with Crippen LogP contribution in [0.25, 0.3) is 0 Å². The normalized spacial score (nSPS) is 26.7. The van der Waals surface area contributed by atoms with Crippen molar-refractivity contribution in [1.82, 2.24) is 14.7 Å². The third-order valence-electron chi connectivity index (χ3n) is 4.12. The quantitative estimate of drug-likeness (QED) is 0.853. The number of alkyl halides is 3. The van der Waals surface area contributed by atoms with E-state index in [4.69, 9.17) is 0 Å². The van der Waals surface area contributed by atoms with Crippen LogP contribution in [-0.4, -0.2) is 39.0 Å². The van der Waals surface area contributed by atoms with Gasteiger partial charge in [-0.15, -0.1) is 11.8 Å². The summed E-state index contributed by atoms with van der Waals surface area (Å²) in [6, 6.07) is 1.61. The number of thioether (sulfide) groups is 1. The predicted octanol–water partition coefficient (Wildman–Crippen LogP) is 3.44. The molecule has 1 fully saturated rings. The van der Waals surface area contributed by atoms with Gasteiger partial charge in [0.2, 0.25) is 0 Å². The summed E-state index contributed by atoms with van der Waals surface area (Å²) in [6.07, 6.45) is -0.169. The van der Waals surface area contributed by atoms with E-state index < -0.39 is 12.1 Å². The van der Waals surface area contributed by atoms with Crippen molar-refractivity contribution >= 4 is 11.8 Å². The van der Waals surface area contributed by atoms with Crippen molar-refractivity contribution in [3.05, 3.63) is 18.0 Å². The fraction of sp³-hybridized carbons (Fsp3) is 0.769. The van der Waals surface area contributed by atoms with Gasteiger partial charge in [-0.05, 0) is 32.1 Å². The Morgan fingerprint density at radius 3 is 2.65 bits per heavy atom. The van der Waals surface area contributed by atoms with Crippen molar-refractivity contribution in [3.63, 3.8) is 0 Å². The number of piperidine rings is 1. The Hall–Kier alpha value is -0.690. The number of nitrogens with zero attached hydrogens (tertiary/aromatic N) is 3. The van der Waals surface area contributed by atoms with Crippen molar-refractivity contribution in [3.8, 4) is 0 Å². The summed E-state index contributed by atoms with van der Waals surface area (Å²) in [7, 11) is 1.79. The van der Waals surface area contributed by atoms with Crippen LogP contribution in [0.2, 0.25) is 0 Å². The second-order valence-electron chi connectivity index (χ2n) is 5.23. The van der Waals surface area contributed by atoms with Gasteiger partial charge in [-0.1, -0.05) is 0 Å². The van der Waals surface area contributed by atoms with E-state index in [9.17, 15) is 13.2 Å². The molecule has 20 heavy (non-hydrogen) atoms. The number of halogens is 3. The highest BCUT2D eigenvalue weighted by atomic mass is 32.2. The molecule has 0 amide bonds. The lowest BCUT2D eigenvalue weighted by Gasteiger charge is -2.42. The van der Waals surface area contributed by atoms with E-state index in [0.29, 0.717) is 6.54 Å². The van der Waals surface area contributed by atoms with Gasteiger partial charge in [0, 0.05) is 19.8 Å². The van der Waals surface area contributed by atoms with Crippen molar-refractivity contribution in [2.75, 3.05) is 12.8 Å². The zero-order valence-electron chi connectivity index (χ0n) is 11.9. The number of aryl methyl sites for hydroxylation is 1. The Morgan fingerprint density at radius 2 is 2.15 bits per heavy atom. The summed E-state index contributed by atoms with van der Waals surface area (Å²) >= 11 is 1.66. The summed E-state index contributed by atoms with van der Waals surface area (Å²) in [5.74, 6) is -1.22. The third-order valence-corrected chi connectivity index (χ3v) is 5.07. The third kappa shape index (κ3) is 3.14.